The lowest BCUT2D eigenvalue weighted by Crippen LogP contribution is -2.05. The lowest BCUT2D eigenvalue weighted by molar-refractivity contribution is 0.351. The molecule has 0 unspecified atom stereocenters. The molecule has 0 amide bonds. The summed E-state index contributed by atoms with van der Waals surface area (Å²) in [6.07, 6.45) is 0.662. The summed E-state index contributed by atoms with van der Waals surface area (Å²) in [5.41, 5.74) is 6.94. The lowest BCUT2D eigenvalue weighted by atomic mass is 10.1. The summed E-state index contributed by atoms with van der Waals surface area (Å²) in [5.74, 6) is 1.22. The first-order valence-corrected chi connectivity index (χ1v) is 4.61. The van der Waals surface area contributed by atoms with Crippen LogP contribution in [0.25, 0.3) is 0 Å². The highest BCUT2D eigenvalue weighted by molar-refractivity contribution is 5.52. The lowest BCUT2D eigenvalue weighted by Gasteiger charge is -2.12. The number of hydrogen-bond acceptors (Lipinski definition) is 4. The molecule has 1 aromatic carbocycles. The molecule has 0 saturated heterocycles. The van der Waals surface area contributed by atoms with Crippen molar-refractivity contribution in [2.75, 3.05) is 20.8 Å². The van der Waals surface area contributed by atoms with E-state index in [2.05, 4.69) is 6.07 Å². The van der Waals surface area contributed by atoms with Crippen LogP contribution in [0.15, 0.2) is 12.1 Å². The number of ether oxygens (including phenoxy) is 2. The van der Waals surface area contributed by atoms with E-state index in [4.69, 9.17) is 20.5 Å². The standard InChI is InChI=1S/C11H14N2O2/c1-14-10-6-8(7-13)5-9(3-4-12)11(10)15-2/h5-6H,3-4,12H2,1-2H3. The number of nitriles is 1. The maximum absolute atomic E-state index is 8.84. The van der Waals surface area contributed by atoms with Crippen LogP contribution in [0, 0.1) is 11.3 Å². The van der Waals surface area contributed by atoms with Crippen molar-refractivity contribution in [2.24, 2.45) is 5.73 Å². The number of methoxy groups -OCH3 is 2. The molecule has 4 heteroatoms. The van der Waals surface area contributed by atoms with Crippen LogP contribution >= 0.6 is 0 Å². The van der Waals surface area contributed by atoms with Gasteiger partial charge in [-0.15, -0.1) is 0 Å². The molecule has 0 spiro atoms. The fourth-order valence-corrected chi connectivity index (χ4v) is 1.45. The average molecular weight is 206 g/mol. The molecule has 2 N–H and O–H groups in total. The van der Waals surface area contributed by atoms with Crippen LogP contribution in [-0.4, -0.2) is 20.8 Å². The second-order valence-corrected chi connectivity index (χ2v) is 3.02. The SMILES string of the molecule is COc1cc(C#N)cc(CCN)c1OC. The number of nitrogens with two attached hydrogens (primary N) is 1. The largest absolute Gasteiger partial charge is 0.493 e. The molecule has 1 aromatic rings. The van der Waals surface area contributed by atoms with Crippen molar-refractivity contribution in [1.29, 1.82) is 5.26 Å². The molecule has 0 saturated carbocycles. The Labute approximate surface area is 89.2 Å². The predicted molar refractivity (Wildman–Crippen MR) is 57.0 cm³/mol. The van der Waals surface area contributed by atoms with Gasteiger partial charge >= 0.3 is 0 Å². The summed E-state index contributed by atoms with van der Waals surface area (Å²) in [6.45, 7) is 0.508. The molecule has 15 heavy (non-hydrogen) atoms. The van der Waals surface area contributed by atoms with E-state index in [1.807, 2.05) is 0 Å². The third-order valence-electron chi connectivity index (χ3n) is 2.10. The summed E-state index contributed by atoms with van der Waals surface area (Å²) in [4.78, 5) is 0. The third kappa shape index (κ3) is 2.39. The van der Waals surface area contributed by atoms with E-state index in [9.17, 15) is 0 Å². The summed E-state index contributed by atoms with van der Waals surface area (Å²) >= 11 is 0. The molecule has 0 heterocycles. The second kappa shape index (κ2) is 5.23. The molecule has 0 aliphatic rings. The highest BCUT2D eigenvalue weighted by Gasteiger charge is 2.11. The first-order chi connectivity index (χ1) is 7.26. The van der Waals surface area contributed by atoms with Crippen LogP contribution in [0.4, 0.5) is 0 Å². The van der Waals surface area contributed by atoms with E-state index >= 15 is 0 Å². The van der Waals surface area contributed by atoms with E-state index in [-0.39, 0.29) is 0 Å². The van der Waals surface area contributed by atoms with Crippen LogP contribution in [-0.2, 0) is 6.42 Å². The fourth-order valence-electron chi connectivity index (χ4n) is 1.45. The van der Waals surface area contributed by atoms with Crippen LogP contribution < -0.4 is 15.2 Å². The third-order valence-corrected chi connectivity index (χ3v) is 2.10. The summed E-state index contributed by atoms with van der Waals surface area (Å²) < 4.78 is 10.4. The minimum atomic E-state index is 0.508. The van der Waals surface area contributed by atoms with Crippen molar-refractivity contribution in [2.45, 2.75) is 6.42 Å². The summed E-state index contributed by atoms with van der Waals surface area (Å²) in [7, 11) is 3.12. The van der Waals surface area contributed by atoms with Crippen LogP contribution in [0.1, 0.15) is 11.1 Å². The van der Waals surface area contributed by atoms with Gasteiger partial charge in [0.15, 0.2) is 11.5 Å². The van der Waals surface area contributed by atoms with E-state index in [0.717, 1.165) is 5.56 Å². The Morgan fingerprint density at radius 1 is 1.33 bits per heavy atom. The Morgan fingerprint density at radius 2 is 2.07 bits per heavy atom. The zero-order valence-electron chi connectivity index (χ0n) is 8.91. The molecule has 0 aliphatic carbocycles. The van der Waals surface area contributed by atoms with Crippen molar-refractivity contribution < 1.29 is 9.47 Å². The predicted octanol–water partition coefficient (Wildman–Crippen LogP) is 1.08. The van der Waals surface area contributed by atoms with Crippen molar-refractivity contribution in [1.82, 2.24) is 0 Å². The van der Waals surface area contributed by atoms with E-state index in [1.165, 1.54) is 0 Å². The first-order valence-electron chi connectivity index (χ1n) is 4.61. The van der Waals surface area contributed by atoms with Gasteiger partial charge < -0.3 is 15.2 Å². The molecule has 0 aliphatic heterocycles. The van der Waals surface area contributed by atoms with E-state index in [1.54, 1.807) is 26.4 Å². The van der Waals surface area contributed by atoms with Crippen molar-refractivity contribution in [3.8, 4) is 17.6 Å². The monoisotopic (exact) mass is 206 g/mol. The number of nitrogens with zero attached hydrogens (tertiary/aromatic N) is 1. The molecule has 1 rings (SSSR count). The maximum Gasteiger partial charge on any atom is 0.164 e. The highest BCUT2D eigenvalue weighted by atomic mass is 16.5. The molecule has 0 bridgehead atoms. The van der Waals surface area contributed by atoms with Gasteiger partial charge in [0.25, 0.3) is 0 Å². The summed E-state index contributed by atoms with van der Waals surface area (Å²) in [6, 6.07) is 5.50. The van der Waals surface area contributed by atoms with Crippen LogP contribution in [0.2, 0.25) is 0 Å². The molecule has 0 radical (unpaired) electrons. The highest BCUT2D eigenvalue weighted by Crippen LogP contribution is 2.32. The Balaban J connectivity index is 3.27. The van der Waals surface area contributed by atoms with Gasteiger partial charge in [-0.1, -0.05) is 0 Å². The fraction of sp³-hybridized carbons (Fsp3) is 0.364. The van der Waals surface area contributed by atoms with Gasteiger partial charge in [0, 0.05) is 11.6 Å². The minimum Gasteiger partial charge on any atom is -0.493 e. The van der Waals surface area contributed by atoms with Gasteiger partial charge in [-0.3, -0.25) is 0 Å². The molecular formula is C11H14N2O2. The molecule has 0 atom stereocenters. The van der Waals surface area contributed by atoms with Crippen molar-refractivity contribution in [3.63, 3.8) is 0 Å². The molecular weight excluding hydrogens is 192 g/mol. The topological polar surface area (TPSA) is 68.3 Å². The maximum atomic E-state index is 8.84. The van der Waals surface area contributed by atoms with Crippen molar-refractivity contribution in [3.05, 3.63) is 23.3 Å². The van der Waals surface area contributed by atoms with Gasteiger partial charge in [-0.2, -0.15) is 5.26 Å². The summed E-state index contributed by atoms with van der Waals surface area (Å²) in [5, 5.41) is 8.84. The zero-order valence-corrected chi connectivity index (χ0v) is 8.91. The second-order valence-electron chi connectivity index (χ2n) is 3.02. The van der Waals surface area contributed by atoms with Gasteiger partial charge in [-0.25, -0.2) is 0 Å². The van der Waals surface area contributed by atoms with Gasteiger partial charge in [0.05, 0.1) is 25.9 Å². The minimum absolute atomic E-state index is 0.508. The Bertz CT molecular complexity index is 383. The van der Waals surface area contributed by atoms with Crippen LogP contribution in [0.5, 0.6) is 11.5 Å². The zero-order chi connectivity index (χ0) is 11.3. The average Bonchev–Trinajstić information content (AvgIpc) is 2.28. The quantitative estimate of drug-likeness (QED) is 0.800. The van der Waals surface area contributed by atoms with Gasteiger partial charge in [-0.05, 0) is 19.0 Å². The molecule has 80 valence electrons. The Hall–Kier alpha value is -1.73. The van der Waals surface area contributed by atoms with Crippen LogP contribution in [0.3, 0.4) is 0 Å². The van der Waals surface area contributed by atoms with Gasteiger partial charge in [0.2, 0.25) is 0 Å². The smallest absolute Gasteiger partial charge is 0.164 e. The first kappa shape index (κ1) is 11.3. The number of hydrogen-bond donors (Lipinski definition) is 1. The number of rotatable bonds is 4. The van der Waals surface area contributed by atoms with Crippen molar-refractivity contribution >= 4 is 0 Å². The Kier molecular flexibility index (Phi) is 3.95. The van der Waals surface area contributed by atoms with E-state index in [0.29, 0.717) is 30.0 Å². The normalized spacial score (nSPS) is 9.47. The van der Waals surface area contributed by atoms with Gasteiger partial charge in [0.1, 0.15) is 0 Å². The van der Waals surface area contributed by atoms with E-state index < -0.39 is 0 Å². The molecule has 4 nitrogen and oxygen atoms in total. The number of benzene rings is 1. The molecule has 0 aromatic heterocycles. The molecule has 0 fully saturated rings. The Morgan fingerprint density at radius 3 is 2.53 bits per heavy atom.